The van der Waals surface area contributed by atoms with E-state index in [9.17, 15) is 4.79 Å². The zero-order valence-corrected chi connectivity index (χ0v) is 10.5. The number of furan rings is 1. The van der Waals surface area contributed by atoms with Gasteiger partial charge in [-0.25, -0.2) is 0 Å². The molecular weight excluding hydrogens is 262 g/mol. The van der Waals surface area contributed by atoms with Crippen LogP contribution in [0.5, 0.6) is 0 Å². The zero-order chi connectivity index (χ0) is 13.8. The minimum atomic E-state index is -0.0910. The summed E-state index contributed by atoms with van der Waals surface area (Å²) in [5.41, 5.74) is 0.294. The van der Waals surface area contributed by atoms with Crippen LogP contribution in [0.25, 0.3) is 11.5 Å². The first-order valence-electron chi connectivity index (χ1n) is 6.07. The van der Waals surface area contributed by atoms with Crippen LogP contribution in [0, 0.1) is 0 Å². The van der Waals surface area contributed by atoms with Gasteiger partial charge >= 0.3 is 0 Å². The summed E-state index contributed by atoms with van der Waals surface area (Å²) >= 11 is 0. The lowest BCUT2D eigenvalue weighted by molar-refractivity contribution is 0.0969. The number of aryl methyl sites for hydroxylation is 1. The second-order valence-corrected chi connectivity index (χ2v) is 4.11. The largest absolute Gasteiger partial charge is 0.461 e. The Kier molecular flexibility index (Phi) is 3.36. The summed E-state index contributed by atoms with van der Waals surface area (Å²) in [5, 5.41) is 14.9. The van der Waals surface area contributed by atoms with Gasteiger partial charge in [0.15, 0.2) is 17.9 Å². The monoisotopic (exact) mass is 273 g/mol. The summed E-state index contributed by atoms with van der Waals surface area (Å²) in [6.45, 7) is 0.536. The summed E-state index contributed by atoms with van der Waals surface area (Å²) in [4.78, 5) is 13.4. The fourth-order valence-electron chi connectivity index (χ4n) is 1.74. The Morgan fingerprint density at radius 1 is 1.35 bits per heavy atom. The van der Waals surface area contributed by atoms with Crippen molar-refractivity contribution in [2.75, 3.05) is 0 Å². The van der Waals surface area contributed by atoms with Gasteiger partial charge in [0, 0.05) is 12.5 Å². The number of carbonyl (C=O) groups excluding carboxylic acids is 1. The number of rotatable bonds is 6. The van der Waals surface area contributed by atoms with Crippen LogP contribution in [0.15, 0.2) is 39.7 Å². The standard InChI is InChI=1S/C12H11N5O3/c18-10(3-1-5-17-14-8-13-16-17)9-7-12(20-15-9)11-4-2-6-19-11/h2,4,6-8H,1,3,5H2. The third-order valence-corrected chi connectivity index (χ3v) is 2.71. The van der Waals surface area contributed by atoms with Gasteiger partial charge in [-0.15, -0.1) is 10.2 Å². The molecule has 0 atom stereocenters. The molecule has 0 N–H and O–H groups in total. The van der Waals surface area contributed by atoms with Gasteiger partial charge in [-0.3, -0.25) is 4.79 Å². The van der Waals surface area contributed by atoms with E-state index >= 15 is 0 Å². The van der Waals surface area contributed by atoms with Gasteiger partial charge in [-0.2, -0.15) is 4.80 Å². The predicted octanol–water partition coefficient (Wildman–Crippen LogP) is 1.58. The van der Waals surface area contributed by atoms with Gasteiger partial charge in [-0.05, 0) is 23.8 Å². The van der Waals surface area contributed by atoms with Crippen LogP contribution in [0.4, 0.5) is 0 Å². The molecule has 20 heavy (non-hydrogen) atoms. The van der Waals surface area contributed by atoms with E-state index in [1.54, 1.807) is 18.2 Å². The number of hydrogen-bond donors (Lipinski definition) is 0. The smallest absolute Gasteiger partial charge is 0.202 e. The fraction of sp³-hybridized carbons (Fsp3) is 0.250. The first-order valence-corrected chi connectivity index (χ1v) is 6.07. The zero-order valence-electron chi connectivity index (χ0n) is 10.5. The maximum absolute atomic E-state index is 11.9. The molecule has 3 aromatic rings. The molecule has 0 aliphatic heterocycles. The molecule has 0 aromatic carbocycles. The lowest BCUT2D eigenvalue weighted by Crippen LogP contribution is -2.06. The van der Waals surface area contributed by atoms with Crippen LogP contribution in [0.2, 0.25) is 0 Å². The Hall–Kier alpha value is -2.77. The molecule has 0 spiro atoms. The molecule has 0 fully saturated rings. The predicted molar refractivity (Wildman–Crippen MR) is 65.6 cm³/mol. The summed E-state index contributed by atoms with van der Waals surface area (Å²) in [6, 6.07) is 5.06. The number of ketones is 1. The lowest BCUT2D eigenvalue weighted by atomic mass is 10.1. The topological polar surface area (TPSA) is 99.8 Å². The molecule has 0 amide bonds. The molecule has 8 heteroatoms. The highest BCUT2D eigenvalue weighted by Gasteiger charge is 2.14. The molecule has 3 heterocycles. The van der Waals surface area contributed by atoms with E-state index in [1.807, 2.05) is 0 Å². The van der Waals surface area contributed by atoms with Crippen molar-refractivity contribution in [3.63, 3.8) is 0 Å². The van der Waals surface area contributed by atoms with Gasteiger partial charge in [-0.1, -0.05) is 5.16 Å². The van der Waals surface area contributed by atoms with E-state index in [0.717, 1.165) is 0 Å². The Morgan fingerprint density at radius 2 is 2.30 bits per heavy atom. The second-order valence-electron chi connectivity index (χ2n) is 4.11. The third kappa shape index (κ3) is 2.63. The highest BCUT2D eigenvalue weighted by molar-refractivity contribution is 5.94. The molecule has 0 aliphatic rings. The molecule has 0 saturated carbocycles. The minimum absolute atomic E-state index is 0.0910. The number of nitrogens with zero attached hydrogens (tertiary/aromatic N) is 5. The highest BCUT2D eigenvalue weighted by Crippen LogP contribution is 2.21. The quantitative estimate of drug-likeness (QED) is 0.628. The van der Waals surface area contributed by atoms with E-state index in [0.29, 0.717) is 36.6 Å². The maximum atomic E-state index is 11.9. The minimum Gasteiger partial charge on any atom is -0.461 e. The maximum Gasteiger partial charge on any atom is 0.202 e. The first kappa shape index (κ1) is 12.3. The number of carbonyl (C=O) groups is 1. The van der Waals surface area contributed by atoms with Gasteiger partial charge in [0.2, 0.25) is 5.76 Å². The van der Waals surface area contributed by atoms with Gasteiger partial charge < -0.3 is 8.94 Å². The number of tetrazole rings is 1. The average Bonchev–Trinajstić information content (AvgIpc) is 3.20. The summed E-state index contributed by atoms with van der Waals surface area (Å²) in [7, 11) is 0. The van der Waals surface area contributed by atoms with Crippen LogP contribution in [0.1, 0.15) is 23.3 Å². The van der Waals surface area contributed by atoms with Gasteiger partial charge in [0.05, 0.1) is 12.8 Å². The van der Waals surface area contributed by atoms with Crippen LogP contribution in [-0.4, -0.2) is 31.1 Å². The van der Waals surface area contributed by atoms with Crippen molar-refractivity contribution in [2.45, 2.75) is 19.4 Å². The van der Waals surface area contributed by atoms with E-state index in [2.05, 4.69) is 20.6 Å². The molecule has 0 radical (unpaired) electrons. The van der Waals surface area contributed by atoms with E-state index < -0.39 is 0 Å². The van der Waals surface area contributed by atoms with Crippen molar-refractivity contribution in [1.29, 1.82) is 0 Å². The first-order chi connectivity index (χ1) is 9.83. The molecule has 0 unspecified atom stereocenters. The third-order valence-electron chi connectivity index (χ3n) is 2.71. The second kappa shape index (κ2) is 5.47. The molecule has 0 aliphatic carbocycles. The molecule has 3 rings (SSSR count). The lowest BCUT2D eigenvalue weighted by Gasteiger charge is -1.96. The van der Waals surface area contributed by atoms with E-state index in [1.165, 1.54) is 17.4 Å². The highest BCUT2D eigenvalue weighted by atomic mass is 16.5. The molecule has 0 bridgehead atoms. The molecule has 102 valence electrons. The van der Waals surface area contributed by atoms with E-state index in [4.69, 9.17) is 8.94 Å². The number of Topliss-reactive ketones (excluding diaryl/α,β-unsaturated/α-hetero) is 1. The Morgan fingerprint density at radius 3 is 3.05 bits per heavy atom. The van der Waals surface area contributed by atoms with Crippen molar-refractivity contribution in [2.24, 2.45) is 0 Å². The SMILES string of the molecule is O=C(CCCn1ncnn1)c1cc(-c2ccco2)on1. The van der Waals surface area contributed by atoms with Crippen molar-refractivity contribution < 1.29 is 13.7 Å². The van der Waals surface area contributed by atoms with Crippen LogP contribution in [0.3, 0.4) is 0 Å². The normalized spacial score (nSPS) is 10.8. The van der Waals surface area contributed by atoms with Crippen molar-refractivity contribution in [3.05, 3.63) is 36.5 Å². The summed E-state index contributed by atoms with van der Waals surface area (Å²) in [6.07, 6.45) is 3.84. The van der Waals surface area contributed by atoms with Crippen LogP contribution in [-0.2, 0) is 6.54 Å². The number of hydrogen-bond acceptors (Lipinski definition) is 7. The summed E-state index contributed by atoms with van der Waals surface area (Å²) in [5.74, 6) is 0.895. The van der Waals surface area contributed by atoms with Crippen LogP contribution >= 0.6 is 0 Å². The van der Waals surface area contributed by atoms with Gasteiger partial charge in [0.25, 0.3) is 0 Å². The van der Waals surface area contributed by atoms with Crippen molar-refractivity contribution in [3.8, 4) is 11.5 Å². The van der Waals surface area contributed by atoms with Crippen molar-refractivity contribution in [1.82, 2.24) is 25.4 Å². The van der Waals surface area contributed by atoms with Crippen molar-refractivity contribution >= 4 is 5.78 Å². The van der Waals surface area contributed by atoms with Gasteiger partial charge in [0.1, 0.15) is 5.69 Å². The fourth-order valence-corrected chi connectivity index (χ4v) is 1.74. The Bertz CT molecular complexity index is 672. The Labute approximate surface area is 113 Å². The van der Waals surface area contributed by atoms with E-state index in [-0.39, 0.29) is 5.78 Å². The Balaban J connectivity index is 1.57. The molecule has 0 saturated heterocycles. The summed E-state index contributed by atoms with van der Waals surface area (Å²) < 4.78 is 10.2. The number of aromatic nitrogens is 5. The molecule has 8 nitrogen and oxygen atoms in total. The average molecular weight is 273 g/mol. The molecule has 3 aromatic heterocycles. The van der Waals surface area contributed by atoms with Crippen LogP contribution < -0.4 is 0 Å². The molecular formula is C12H11N5O3.